The minimum absolute atomic E-state index is 0.435. The van der Waals surface area contributed by atoms with Crippen molar-refractivity contribution in [3.8, 4) is 5.75 Å². The van der Waals surface area contributed by atoms with Crippen molar-refractivity contribution >= 4 is 0 Å². The highest BCUT2D eigenvalue weighted by Gasteiger charge is 2.24. The monoisotopic (exact) mass is 313 g/mol. The number of hydrogen-bond acceptors (Lipinski definition) is 3. The number of likely N-dealkylation sites (tertiary alicyclic amines) is 1. The molecule has 0 amide bonds. The van der Waals surface area contributed by atoms with Crippen LogP contribution in [0.25, 0.3) is 0 Å². The van der Waals surface area contributed by atoms with Gasteiger partial charge in [0.15, 0.2) is 0 Å². The smallest absolute Gasteiger partial charge is 0.119 e. The van der Waals surface area contributed by atoms with Gasteiger partial charge in [0.25, 0.3) is 0 Å². The fourth-order valence-electron chi connectivity index (χ4n) is 3.39. The number of ether oxygens (including phenoxy) is 1. The van der Waals surface area contributed by atoms with E-state index in [0.29, 0.717) is 12.6 Å². The van der Waals surface area contributed by atoms with Gasteiger partial charge >= 0.3 is 0 Å². The highest BCUT2D eigenvalue weighted by atomic mass is 16.5. The first-order chi connectivity index (χ1) is 11.3. The quantitative estimate of drug-likeness (QED) is 0.837. The van der Waals surface area contributed by atoms with Crippen LogP contribution in [0.5, 0.6) is 5.75 Å². The zero-order valence-corrected chi connectivity index (χ0v) is 14.2. The molecule has 4 heteroatoms. The molecule has 1 atom stereocenters. The molecule has 1 aromatic heterocycles. The summed E-state index contributed by atoms with van der Waals surface area (Å²) in [6, 6.07) is 11.1. The zero-order valence-electron chi connectivity index (χ0n) is 14.2. The summed E-state index contributed by atoms with van der Waals surface area (Å²) >= 11 is 0. The lowest BCUT2D eigenvalue weighted by atomic mass is 10.1. The largest absolute Gasteiger partial charge is 0.494 e. The maximum Gasteiger partial charge on any atom is 0.119 e. The molecule has 0 N–H and O–H groups in total. The van der Waals surface area contributed by atoms with Crippen LogP contribution in [-0.2, 0) is 13.6 Å². The lowest BCUT2D eigenvalue weighted by molar-refractivity contribution is 0.188. The Labute approximate surface area is 139 Å². The third-order valence-electron chi connectivity index (χ3n) is 4.56. The predicted octanol–water partition coefficient (Wildman–Crippen LogP) is 3.94. The topological polar surface area (TPSA) is 30.3 Å². The summed E-state index contributed by atoms with van der Waals surface area (Å²) in [4.78, 5) is 2.59. The summed E-state index contributed by atoms with van der Waals surface area (Å²) in [5.74, 6) is 0.952. The van der Waals surface area contributed by atoms with Crippen molar-refractivity contribution in [2.75, 3.05) is 13.2 Å². The van der Waals surface area contributed by atoms with Crippen LogP contribution in [0.1, 0.15) is 49.9 Å². The van der Waals surface area contributed by atoms with Crippen molar-refractivity contribution < 1.29 is 4.74 Å². The summed E-state index contributed by atoms with van der Waals surface area (Å²) in [6.07, 6.45) is 7.15. The van der Waals surface area contributed by atoms with Crippen LogP contribution < -0.4 is 4.74 Å². The van der Waals surface area contributed by atoms with E-state index >= 15 is 0 Å². The van der Waals surface area contributed by atoms with Crippen molar-refractivity contribution in [2.24, 2.45) is 7.05 Å². The Morgan fingerprint density at radius 1 is 1.13 bits per heavy atom. The fourth-order valence-corrected chi connectivity index (χ4v) is 3.39. The molecule has 0 spiro atoms. The summed E-state index contributed by atoms with van der Waals surface area (Å²) < 4.78 is 7.45. The molecule has 1 saturated heterocycles. The second-order valence-corrected chi connectivity index (χ2v) is 6.33. The molecule has 0 saturated carbocycles. The van der Waals surface area contributed by atoms with Crippen molar-refractivity contribution in [1.82, 2.24) is 14.7 Å². The number of aryl methyl sites for hydroxylation is 1. The number of benzene rings is 1. The maximum absolute atomic E-state index is 5.54. The van der Waals surface area contributed by atoms with Gasteiger partial charge in [0.2, 0.25) is 0 Å². The molecular weight excluding hydrogens is 286 g/mol. The van der Waals surface area contributed by atoms with E-state index in [4.69, 9.17) is 4.74 Å². The minimum atomic E-state index is 0.435. The molecule has 0 bridgehead atoms. The van der Waals surface area contributed by atoms with Gasteiger partial charge in [0.1, 0.15) is 5.75 Å². The molecule has 2 aromatic rings. The van der Waals surface area contributed by atoms with E-state index in [1.54, 1.807) is 0 Å². The van der Waals surface area contributed by atoms with Crippen LogP contribution >= 0.6 is 0 Å². The second-order valence-electron chi connectivity index (χ2n) is 6.33. The first kappa shape index (κ1) is 16.1. The van der Waals surface area contributed by atoms with Gasteiger partial charge in [-0.05, 0) is 50.1 Å². The van der Waals surface area contributed by atoms with Crippen LogP contribution in [0.2, 0.25) is 0 Å². The fraction of sp³-hybridized carbons (Fsp3) is 0.526. The van der Waals surface area contributed by atoms with E-state index in [1.165, 1.54) is 36.9 Å². The van der Waals surface area contributed by atoms with Crippen LogP contribution in [0, 0.1) is 0 Å². The average molecular weight is 313 g/mol. The van der Waals surface area contributed by atoms with Crippen LogP contribution in [-0.4, -0.2) is 27.8 Å². The third-order valence-corrected chi connectivity index (χ3v) is 4.56. The van der Waals surface area contributed by atoms with Gasteiger partial charge in [-0.1, -0.05) is 25.0 Å². The van der Waals surface area contributed by atoms with E-state index < -0.39 is 0 Å². The molecule has 4 nitrogen and oxygen atoms in total. The third kappa shape index (κ3) is 4.14. The van der Waals surface area contributed by atoms with Crippen molar-refractivity contribution in [3.05, 3.63) is 47.8 Å². The Hall–Kier alpha value is -1.81. The van der Waals surface area contributed by atoms with Gasteiger partial charge in [-0.3, -0.25) is 9.58 Å². The highest BCUT2D eigenvalue weighted by Crippen LogP contribution is 2.30. The first-order valence-electron chi connectivity index (χ1n) is 8.71. The van der Waals surface area contributed by atoms with E-state index in [0.717, 1.165) is 18.8 Å². The summed E-state index contributed by atoms with van der Waals surface area (Å²) in [7, 11) is 2.00. The number of hydrogen-bond donors (Lipinski definition) is 0. The Morgan fingerprint density at radius 2 is 1.96 bits per heavy atom. The number of rotatable bonds is 5. The molecule has 1 aliphatic rings. The Morgan fingerprint density at radius 3 is 2.65 bits per heavy atom. The molecule has 124 valence electrons. The second kappa shape index (κ2) is 7.64. The molecule has 0 aliphatic carbocycles. The summed E-state index contributed by atoms with van der Waals surface area (Å²) in [5, 5.41) is 4.66. The molecule has 0 unspecified atom stereocenters. The van der Waals surface area contributed by atoms with E-state index in [2.05, 4.69) is 46.5 Å². The number of nitrogens with zero attached hydrogens (tertiary/aromatic N) is 3. The zero-order chi connectivity index (χ0) is 16.1. The molecule has 0 radical (unpaired) electrons. The van der Waals surface area contributed by atoms with E-state index in [1.807, 2.05) is 18.7 Å². The van der Waals surface area contributed by atoms with Crippen LogP contribution in [0.4, 0.5) is 0 Å². The van der Waals surface area contributed by atoms with Crippen molar-refractivity contribution in [1.29, 1.82) is 0 Å². The van der Waals surface area contributed by atoms with E-state index in [-0.39, 0.29) is 0 Å². The summed E-state index contributed by atoms with van der Waals surface area (Å²) in [5.41, 5.74) is 2.55. The van der Waals surface area contributed by atoms with Gasteiger partial charge in [0, 0.05) is 19.8 Å². The average Bonchev–Trinajstić information content (AvgIpc) is 2.85. The standard InChI is InChI=1S/C19H27N3O/c1-3-23-17-10-8-16(9-11-17)15-22-13-6-4-5-7-19(22)18-12-14-21(2)20-18/h8-12,14,19H,3-7,13,15H2,1-2H3/t19-/m1/s1. The lowest BCUT2D eigenvalue weighted by Gasteiger charge is -2.28. The molecule has 23 heavy (non-hydrogen) atoms. The molecule has 1 aromatic carbocycles. The lowest BCUT2D eigenvalue weighted by Crippen LogP contribution is -2.28. The van der Waals surface area contributed by atoms with Gasteiger partial charge in [-0.25, -0.2) is 0 Å². The normalized spacial score (nSPS) is 19.5. The summed E-state index contributed by atoms with van der Waals surface area (Å²) in [6.45, 7) is 4.86. The van der Waals surface area contributed by atoms with Crippen molar-refractivity contribution in [3.63, 3.8) is 0 Å². The SMILES string of the molecule is CCOc1ccc(CN2CCCCC[C@@H]2c2ccn(C)n2)cc1. The minimum Gasteiger partial charge on any atom is -0.494 e. The predicted molar refractivity (Wildman–Crippen MR) is 92.4 cm³/mol. The molecule has 1 fully saturated rings. The van der Waals surface area contributed by atoms with E-state index in [9.17, 15) is 0 Å². The van der Waals surface area contributed by atoms with Gasteiger partial charge in [-0.2, -0.15) is 5.10 Å². The Kier molecular flexibility index (Phi) is 5.34. The van der Waals surface area contributed by atoms with Gasteiger partial charge < -0.3 is 4.74 Å². The molecule has 1 aliphatic heterocycles. The molecular formula is C19H27N3O. The first-order valence-corrected chi connectivity index (χ1v) is 8.71. The molecule has 2 heterocycles. The van der Waals surface area contributed by atoms with Gasteiger partial charge in [-0.15, -0.1) is 0 Å². The molecule has 3 rings (SSSR count). The van der Waals surface area contributed by atoms with Crippen molar-refractivity contribution in [2.45, 2.75) is 45.2 Å². The number of aromatic nitrogens is 2. The maximum atomic E-state index is 5.54. The van der Waals surface area contributed by atoms with Crippen LogP contribution in [0.3, 0.4) is 0 Å². The van der Waals surface area contributed by atoms with Crippen LogP contribution in [0.15, 0.2) is 36.5 Å². The highest BCUT2D eigenvalue weighted by molar-refractivity contribution is 5.27. The Balaban J connectivity index is 1.74. The van der Waals surface area contributed by atoms with Gasteiger partial charge in [0.05, 0.1) is 18.3 Å². The Bertz CT molecular complexity index is 605.